The summed E-state index contributed by atoms with van der Waals surface area (Å²) in [6, 6.07) is 0.0000459. The van der Waals surface area contributed by atoms with Crippen molar-refractivity contribution in [3.63, 3.8) is 0 Å². The lowest BCUT2D eigenvalue weighted by Crippen LogP contribution is -2.57. The summed E-state index contributed by atoms with van der Waals surface area (Å²) >= 11 is 0. The average molecular weight is 421 g/mol. The van der Waals surface area contributed by atoms with Gasteiger partial charge >= 0.3 is 0 Å². The van der Waals surface area contributed by atoms with Crippen molar-refractivity contribution in [2.75, 3.05) is 39.3 Å². The number of rotatable bonds is 3. The molecule has 27 heavy (non-hydrogen) atoms. The topological polar surface area (TPSA) is 69.9 Å². The average Bonchev–Trinajstić information content (AvgIpc) is 3.37. The summed E-state index contributed by atoms with van der Waals surface area (Å²) in [5.41, 5.74) is 6.35. The monoisotopic (exact) mass is 420 g/mol. The van der Waals surface area contributed by atoms with E-state index in [0.717, 1.165) is 58.5 Å². The molecule has 5 atom stereocenters. The third kappa shape index (κ3) is 4.24. The lowest BCUT2D eigenvalue weighted by Gasteiger charge is -2.40. The molecule has 8 heteroatoms. The second-order valence-electron chi connectivity index (χ2n) is 8.51. The minimum absolute atomic E-state index is 0. The zero-order valence-electron chi connectivity index (χ0n) is 16.2. The van der Waals surface area contributed by atoms with E-state index < -0.39 is 0 Å². The van der Waals surface area contributed by atoms with Crippen molar-refractivity contribution in [2.24, 2.45) is 23.5 Å². The van der Waals surface area contributed by atoms with Gasteiger partial charge in [0, 0.05) is 45.3 Å². The number of likely N-dealkylation sites (tertiary alicyclic amines) is 1. The summed E-state index contributed by atoms with van der Waals surface area (Å²) in [5, 5.41) is 0. The predicted molar refractivity (Wildman–Crippen MR) is 110 cm³/mol. The Hall–Kier alpha value is -0.560. The van der Waals surface area contributed by atoms with Crippen molar-refractivity contribution in [1.82, 2.24) is 14.7 Å². The van der Waals surface area contributed by atoms with Crippen LogP contribution in [0.15, 0.2) is 0 Å². The molecule has 2 saturated heterocycles. The molecule has 2 bridgehead atoms. The van der Waals surface area contributed by atoms with E-state index in [2.05, 4.69) is 4.90 Å². The molecule has 0 radical (unpaired) electrons. The van der Waals surface area contributed by atoms with Gasteiger partial charge in [0.25, 0.3) is 0 Å². The molecule has 0 aromatic rings. The van der Waals surface area contributed by atoms with Crippen molar-refractivity contribution >= 4 is 36.6 Å². The van der Waals surface area contributed by atoms with Crippen molar-refractivity contribution in [3.05, 3.63) is 0 Å². The van der Waals surface area contributed by atoms with E-state index in [-0.39, 0.29) is 54.6 Å². The fourth-order valence-electron chi connectivity index (χ4n) is 5.60. The normalized spacial score (nSPS) is 34.1. The fourth-order valence-corrected chi connectivity index (χ4v) is 5.60. The molecule has 156 valence electrons. The first kappa shape index (κ1) is 22.7. The number of carbonyl (C=O) groups excluding carboxylic acids is 2. The first-order valence-corrected chi connectivity index (χ1v) is 10.1. The van der Waals surface area contributed by atoms with Gasteiger partial charge in [0.2, 0.25) is 11.8 Å². The Labute approximate surface area is 175 Å². The number of halogens is 2. The van der Waals surface area contributed by atoms with Crippen molar-refractivity contribution in [2.45, 2.75) is 51.1 Å². The highest BCUT2D eigenvalue weighted by Gasteiger charge is 2.50. The summed E-state index contributed by atoms with van der Waals surface area (Å²) in [6.45, 7) is 6.89. The van der Waals surface area contributed by atoms with E-state index >= 15 is 0 Å². The molecule has 4 rings (SSSR count). The van der Waals surface area contributed by atoms with Crippen LogP contribution in [0.3, 0.4) is 0 Å². The maximum Gasteiger partial charge on any atom is 0.239 e. The molecular formula is C19H34Cl2N4O2. The van der Waals surface area contributed by atoms with Crippen LogP contribution >= 0.6 is 24.8 Å². The van der Waals surface area contributed by atoms with Crippen LogP contribution in [0.25, 0.3) is 0 Å². The Balaban J connectivity index is 0.00000131. The molecule has 0 aromatic heterocycles. The van der Waals surface area contributed by atoms with Crippen LogP contribution in [0.5, 0.6) is 0 Å². The quantitative estimate of drug-likeness (QED) is 0.747. The van der Waals surface area contributed by atoms with Gasteiger partial charge in [0.05, 0.1) is 12.0 Å². The minimum Gasteiger partial charge on any atom is -0.341 e. The van der Waals surface area contributed by atoms with Crippen molar-refractivity contribution < 1.29 is 9.59 Å². The summed E-state index contributed by atoms with van der Waals surface area (Å²) in [4.78, 5) is 31.8. The lowest BCUT2D eigenvalue weighted by atomic mass is 9.84. The fraction of sp³-hybridized carbons (Fsp3) is 0.895. The Morgan fingerprint density at radius 3 is 2.04 bits per heavy atom. The van der Waals surface area contributed by atoms with Gasteiger partial charge in [-0.15, -0.1) is 24.8 Å². The molecule has 2 saturated carbocycles. The molecule has 2 heterocycles. The number of nitrogens with zero attached hydrogens (tertiary/aromatic N) is 3. The number of piperazine rings is 1. The Kier molecular flexibility index (Phi) is 7.82. The molecule has 2 N–H and O–H groups in total. The van der Waals surface area contributed by atoms with Gasteiger partial charge < -0.3 is 15.5 Å². The van der Waals surface area contributed by atoms with Crippen LogP contribution in [0.1, 0.15) is 39.0 Å². The van der Waals surface area contributed by atoms with Crippen molar-refractivity contribution in [3.8, 4) is 0 Å². The molecule has 5 unspecified atom stereocenters. The predicted octanol–water partition coefficient (Wildman–Crippen LogP) is 1.36. The molecule has 2 amide bonds. The highest BCUT2D eigenvalue weighted by molar-refractivity contribution is 5.85. The summed E-state index contributed by atoms with van der Waals surface area (Å²) < 4.78 is 0. The SMILES string of the molecule is CC(C(=O)N1CCCC1)N1CCN(C(=O)C2C3CCC(C3)C2N)CC1.Cl.Cl. The van der Waals surface area contributed by atoms with Gasteiger partial charge in [-0.25, -0.2) is 0 Å². The van der Waals surface area contributed by atoms with Crippen molar-refractivity contribution in [1.29, 1.82) is 0 Å². The van der Waals surface area contributed by atoms with Gasteiger partial charge in [-0.2, -0.15) is 0 Å². The maximum atomic E-state index is 13.0. The van der Waals surface area contributed by atoms with Gasteiger partial charge in [-0.1, -0.05) is 0 Å². The first-order chi connectivity index (χ1) is 12.1. The highest BCUT2D eigenvalue weighted by atomic mass is 35.5. The maximum absolute atomic E-state index is 13.0. The second kappa shape index (κ2) is 9.29. The zero-order valence-corrected chi connectivity index (χ0v) is 17.8. The molecule has 0 spiro atoms. The highest BCUT2D eigenvalue weighted by Crippen LogP contribution is 2.48. The number of carbonyl (C=O) groups is 2. The van der Waals surface area contributed by atoms with Crippen LogP contribution in [0.4, 0.5) is 0 Å². The van der Waals surface area contributed by atoms with E-state index in [4.69, 9.17) is 5.73 Å². The van der Waals surface area contributed by atoms with E-state index in [9.17, 15) is 9.59 Å². The third-order valence-electron chi connectivity index (χ3n) is 7.21. The summed E-state index contributed by atoms with van der Waals surface area (Å²) in [5.74, 6) is 1.67. The van der Waals surface area contributed by atoms with E-state index in [1.807, 2.05) is 16.7 Å². The number of hydrogen-bond donors (Lipinski definition) is 1. The molecule has 4 aliphatic rings. The van der Waals surface area contributed by atoms with Gasteiger partial charge in [0.1, 0.15) is 0 Å². The Morgan fingerprint density at radius 2 is 1.48 bits per heavy atom. The van der Waals surface area contributed by atoms with Crippen LogP contribution in [-0.4, -0.2) is 77.9 Å². The number of amides is 2. The molecular weight excluding hydrogens is 387 g/mol. The molecule has 0 aromatic carbocycles. The number of fused-ring (bicyclic) bond motifs is 2. The summed E-state index contributed by atoms with van der Waals surface area (Å²) in [6.07, 6.45) is 5.80. The van der Waals surface area contributed by atoms with Gasteiger partial charge in [0.15, 0.2) is 0 Å². The van der Waals surface area contributed by atoms with Gasteiger partial charge in [-0.3, -0.25) is 14.5 Å². The molecule has 2 aliphatic heterocycles. The van der Waals surface area contributed by atoms with E-state index in [0.29, 0.717) is 11.8 Å². The third-order valence-corrected chi connectivity index (χ3v) is 7.21. The lowest BCUT2D eigenvalue weighted by molar-refractivity contribution is -0.141. The number of hydrogen-bond acceptors (Lipinski definition) is 4. The second-order valence-corrected chi connectivity index (χ2v) is 8.51. The van der Waals surface area contributed by atoms with E-state index in [1.54, 1.807) is 0 Å². The van der Waals surface area contributed by atoms with Crippen LogP contribution in [0.2, 0.25) is 0 Å². The van der Waals surface area contributed by atoms with Gasteiger partial charge in [-0.05, 0) is 50.9 Å². The van der Waals surface area contributed by atoms with Crippen LogP contribution in [-0.2, 0) is 9.59 Å². The summed E-state index contributed by atoms with van der Waals surface area (Å²) in [7, 11) is 0. The Bertz CT molecular complexity index is 534. The first-order valence-electron chi connectivity index (χ1n) is 10.1. The standard InChI is InChI=1S/C19H32N4O2.2ClH/c1-13(18(24)22-6-2-3-7-22)21-8-10-23(11-9-21)19(25)16-14-4-5-15(12-14)17(16)20;;/h13-17H,2-12,20H2,1H3;2*1H. The minimum atomic E-state index is -0.0693. The molecule has 6 nitrogen and oxygen atoms in total. The molecule has 2 aliphatic carbocycles. The largest absolute Gasteiger partial charge is 0.341 e. The Morgan fingerprint density at radius 1 is 0.889 bits per heavy atom. The zero-order chi connectivity index (χ0) is 17.6. The van der Waals surface area contributed by atoms with Crippen LogP contribution in [0, 0.1) is 17.8 Å². The van der Waals surface area contributed by atoms with E-state index in [1.165, 1.54) is 12.8 Å². The molecule has 4 fully saturated rings. The number of nitrogens with two attached hydrogens (primary N) is 1. The smallest absolute Gasteiger partial charge is 0.239 e. The van der Waals surface area contributed by atoms with Crippen LogP contribution < -0.4 is 5.73 Å².